The minimum absolute atomic E-state index is 0.398. The first-order chi connectivity index (χ1) is 8.56. The van der Waals surface area contributed by atoms with Gasteiger partial charge in [0.2, 0.25) is 0 Å². The van der Waals surface area contributed by atoms with Gasteiger partial charge in [-0.15, -0.1) is 22.7 Å². The van der Waals surface area contributed by atoms with Gasteiger partial charge in [-0.05, 0) is 32.8 Å². The summed E-state index contributed by atoms with van der Waals surface area (Å²) in [4.78, 5) is 19.4. The molecule has 2 heterocycles. The fourth-order valence-electron chi connectivity index (χ4n) is 2.43. The summed E-state index contributed by atoms with van der Waals surface area (Å²) in [7, 11) is 0. The molecule has 0 amide bonds. The number of aromatic nitrogens is 1. The van der Waals surface area contributed by atoms with Gasteiger partial charge in [-0.2, -0.15) is 0 Å². The Morgan fingerprint density at radius 2 is 2.22 bits per heavy atom. The van der Waals surface area contributed by atoms with Crippen LogP contribution in [0.4, 0.5) is 0 Å². The minimum atomic E-state index is -0.746. The highest BCUT2D eigenvalue weighted by Gasteiger charge is 2.32. The summed E-state index contributed by atoms with van der Waals surface area (Å²) in [6, 6.07) is 2.14. The van der Waals surface area contributed by atoms with Crippen molar-refractivity contribution < 1.29 is 9.90 Å². The zero-order valence-corrected chi connectivity index (χ0v) is 11.8. The van der Waals surface area contributed by atoms with Crippen molar-refractivity contribution in [3.63, 3.8) is 0 Å². The number of thiophene rings is 1. The van der Waals surface area contributed by atoms with Crippen LogP contribution >= 0.6 is 22.7 Å². The normalized spacial score (nSPS) is 18.0. The number of hydrogen-bond acceptors (Lipinski definition) is 4. The molecule has 0 fully saturated rings. The van der Waals surface area contributed by atoms with Gasteiger partial charge < -0.3 is 5.11 Å². The standard InChI is InChI=1S/C13H13NO2S2/c1-6-5-9(7(2)17-6)12-14-11-8(13(15)16)3-4-10(11)18-12/h5,8H,3-4H2,1-2H3,(H,15,16). The fraction of sp³-hybridized carbons (Fsp3) is 0.385. The summed E-state index contributed by atoms with van der Waals surface area (Å²) in [6.45, 7) is 4.18. The molecule has 0 saturated heterocycles. The summed E-state index contributed by atoms with van der Waals surface area (Å²) in [6.07, 6.45) is 1.55. The van der Waals surface area contributed by atoms with E-state index < -0.39 is 11.9 Å². The van der Waals surface area contributed by atoms with Crippen LogP contribution in [0.25, 0.3) is 10.6 Å². The van der Waals surface area contributed by atoms with Crippen LogP contribution in [-0.2, 0) is 11.2 Å². The summed E-state index contributed by atoms with van der Waals surface area (Å²) < 4.78 is 0. The number of carboxylic acid groups (broad SMARTS) is 1. The fourth-order valence-corrected chi connectivity index (χ4v) is 4.63. The van der Waals surface area contributed by atoms with Crippen molar-refractivity contribution in [3.05, 3.63) is 26.4 Å². The molecule has 94 valence electrons. The number of aliphatic carboxylic acids is 1. The van der Waals surface area contributed by atoms with E-state index >= 15 is 0 Å². The SMILES string of the molecule is Cc1cc(-c2nc3c(s2)CCC3C(=O)O)c(C)s1. The minimum Gasteiger partial charge on any atom is -0.481 e. The first-order valence-electron chi connectivity index (χ1n) is 5.86. The Bertz CT molecular complexity index is 627. The molecule has 2 aromatic heterocycles. The number of aryl methyl sites for hydroxylation is 3. The van der Waals surface area contributed by atoms with Crippen molar-refractivity contribution in [2.75, 3.05) is 0 Å². The van der Waals surface area contributed by atoms with Gasteiger partial charge in [0, 0.05) is 20.2 Å². The maximum absolute atomic E-state index is 11.1. The molecule has 3 nitrogen and oxygen atoms in total. The number of fused-ring (bicyclic) bond motifs is 1. The molecule has 0 saturated carbocycles. The number of carbonyl (C=O) groups is 1. The first kappa shape index (κ1) is 11.9. The second-order valence-corrected chi connectivity index (χ2v) is 7.13. The highest BCUT2D eigenvalue weighted by molar-refractivity contribution is 7.16. The Hall–Kier alpha value is -1.20. The summed E-state index contributed by atoms with van der Waals surface area (Å²) >= 11 is 3.42. The second kappa shape index (κ2) is 4.17. The average Bonchev–Trinajstić information content (AvgIpc) is 2.90. The third-order valence-electron chi connectivity index (χ3n) is 3.29. The lowest BCUT2D eigenvalue weighted by molar-refractivity contribution is -0.138. The maximum Gasteiger partial charge on any atom is 0.312 e. The Balaban J connectivity index is 2.05. The zero-order chi connectivity index (χ0) is 12.9. The Morgan fingerprint density at radius 1 is 1.44 bits per heavy atom. The quantitative estimate of drug-likeness (QED) is 0.913. The lowest BCUT2D eigenvalue weighted by Gasteiger charge is -2.01. The lowest BCUT2D eigenvalue weighted by Crippen LogP contribution is -2.08. The molecular weight excluding hydrogens is 266 g/mol. The summed E-state index contributed by atoms with van der Waals surface area (Å²) in [5.41, 5.74) is 1.96. The summed E-state index contributed by atoms with van der Waals surface area (Å²) in [5.74, 6) is -1.14. The van der Waals surface area contributed by atoms with Crippen molar-refractivity contribution >= 4 is 28.6 Å². The Morgan fingerprint density at radius 3 is 2.83 bits per heavy atom. The van der Waals surface area contributed by atoms with E-state index in [1.54, 1.807) is 22.7 Å². The van der Waals surface area contributed by atoms with Crippen molar-refractivity contribution in [1.82, 2.24) is 4.98 Å². The monoisotopic (exact) mass is 279 g/mol. The van der Waals surface area contributed by atoms with E-state index in [0.29, 0.717) is 6.42 Å². The molecule has 0 bridgehead atoms. The zero-order valence-electron chi connectivity index (χ0n) is 10.2. The van der Waals surface area contributed by atoms with E-state index in [1.807, 2.05) is 0 Å². The number of nitrogens with zero attached hydrogens (tertiary/aromatic N) is 1. The molecule has 0 spiro atoms. The van der Waals surface area contributed by atoms with Crippen LogP contribution < -0.4 is 0 Å². The van der Waals surface area contributed by atoms with Gasteiger partial charge >= 0.3 is 5.97 Å². The van der Waals surface area contributed by atoms with E-state index in [-0.39, 0.29) is 0 Å². The van der Waals surface area contributed by atoms with Crippen LogP contribution in [0.15, 0.2) is 6.07 Å². The molecule has 0 aromatic carbocycles. The molecule has 0 radical (unpaired) electrons. The molecule has 1 N–H and O–H groups in total. The Labute approximate surface area is 113 Å². The lowest BCUT2D eigenvalue weighted by atomic mass is 10.1. The highest BCUT2D eigenvalue weighted by atomic mass is 32.1. The molecular formula is C13H13NO2S2. The van der Waals surface area contributed by atoms with Gasteiger partial charge in [0.1, 0.15) is 10.9 Å². The van der Waals surface area contributed by atoms with E-state index in [9.17, 15) is 4.79 Å². The number of carboxylic acids is 1. The third-order valence-corrected chi connectivity index (χ3v) is 5.42. The topological polar surface area (TPSA) is 50.2 Å². The first-order valence-corrected chi connectivity index (χ1v) is 7.49. The van der Waals surface area contributed by atoms with E-state index in [1.165, 1.54) is 15.3 Å². The van der Waals surface area contributed by atoms with Gasteiger partial charge in [0.25, 0.3) is 0 Å². The van der Waals surface area contributed by atoms with Gasteiger partial charge in [-0.1, -0.05) is 0 Å². The molecule has 1 aliphatic rings. The number of thiazole rings is 1. The largest absolute Gasteiger partial charge is 0.481 e. The van der Waals surface area contributed by atoms with Crippen LogP contribution in [0.5, 0.6) is 0 Å². The molecule has 0 aliphatic heterocycles. The predicted octanol–water partition coefficient (Wildman–Crippen LogP) is 3.60. The highest BCUT2D eigenvalue weighted by Crippen LogP contribution is 2.41. The number of hydrogen-bond donors (Lipinski definition) is 1. The van der Waals surface area contributed by atoms with Crippen LogP contribution in [0, 0.1) is 13.8 Å². The molecule has 1 aliphatic carbocycles. The van der Waals surface area contributed by atoms with Crippen LogP contribution in [0.3, 0.4) is 0 Å². The smallest absolute Gasteiger partial charge is 0.312 e. The van der Waals surface area contributed by atoms with Crippen molar-refractivity contribution in [1.29, 1.82) is 0 Å². The van der Waals surface area contributed by atoms with Crippen LogP contribution in [0.2, 0.25) is 0 Å². The van der Waals surface area contributed by atoms with Crippen LogP contribution in [0.1, 0.15) is 32.7 Å². The molecule has 5 heteroatoms. The van der Waals surface area contributed by atoms with Crippen molar-refractivity contribution in [2.45, 2.75) is 32.6 Å². The molecule has 2 aromatic rings. The molecule has 1 unspecified atom stereocenters. The van der Waals surface area contributed by atoms with E-state index in [0.717, 1.165) is 22.0 Å². The predicted molar refractivity (Wildman–Crippen MR) is 73.6 cm³/mol. The third kappa shape index (κ3) is 1.78. The maximum atomic E-state index is 11.1. The van der Waals surface area contributed by atoms with Gasteiger partial charge in [-0.25, -0.2) is 4.98 Å². The average molecular weight is 279 g/mol. The van der Waals surface area contributed by atoms with E-state index in [2.05, 4.69) is 24.9 Å². The Kier molecular flexibility index (Phi) is 2.75. The second-order valence-electron chi connectivity index (χ2n) is 4.58. The number of rotatable bonds is 2. The van der Waals surface area contributed by atoms with Crippen LogP contribution in [-0.4, -0.2) is 16.1 Å². The van der Waals surface area contributed by atoms with Crippen molar-refractivity contribution in [2.24, 2.45) is 0 Å². The molecule has 3 rings (SSSR count). The van der Waals surface area contributed by atoms with Gasteiger partial charge in [0.15, 0.2) is 0 Å². The van der Waals surface area contributed by atoms with Gasteiger partial charge in [-0.3, -0.25) is 4.79 Å². The molecule has 18 heavy (non-hydrogen) atoms. The summed E-state index contributed by atoms with van der Waals surface area (Å²) in [5, 5.41) is 10.1. The van der Waals surface area contributed by atoms with E-state index in [4.69, 9.17) is 5.11 Å². The molecule has 1 atom stereocenters. The van der Waals surface area contributed by atoms with Crippen molar-refractivity contribution in [3.8, 4) is 10.6 Å². The van der Waals surface area contributed by atoms with Gasteiger partial charge in [0.05, 0.1) is 5.69 Å².